The SMILES string of the molecule is O=C1c2ccccc2C(=O)N1CC=P(c1ccccc1)(c1ccccc1)c1ccccc1. The van der Waals surface area contributed by atoms with Crippen LogP contribution in [-0.4, -0.2) is 29.1 Å². The molecule has 1 aliphatic heterocycles. The van der Waals surface area contributed by atoms with E-state index in [4.69, 9.17) is 0 Å². The Labute approximate surface area is 187 Å². The minimum atomic E-state index is -2.23. The number of hydrogen-bond donors (Lipinski definition) is 0. The number of carbonyl (C=O) groups excluding carboxylic acids is 2. The number of carbonyl (C=O) groups is 2. The Bertz CT molecular complexity index is 1190. The largest absolute Gasteiger partial charge is 0.270 e. The van der Waals surface area contributed by atoms with Crippen LogP contribution in [0.15, 0.2) is 115 Å². The number of fused-ring (bicyclic) bond motifs is 1. The summed E-state index contributed by atoms with van der Waals surface area (Å²) in [6.07, 6.45) is 0. The Morgan fingerprint density at radius 3 is 1.25 bits per heavy atom. The lowest BCUT2D eigenvalue weighted by molar-refractivity contribution is 0.0679. The van der Waals surface area contributed by atoms with Crippen molar-refractivity contribution in [2.75, 3.05) is 6.54 Å². The summed E-state index contributed by atoms with van der Waals surface area (Å²) in [5.74, 6) is 1.75. The van der Waals surface area contributed by atoms with Crippen molar-refractivity contribution in [2.45, 2.75) is 0 Å². The van der Waals surface area contributed by atoms with Crippen molar-refractivity contribution < 1.29 is 9.59 Å². The van der Waals surface area contributed by atoms with E-state index in [2.05, 4.69) is 42.2 Å². The Balaban J connectivity index is 1.71. The summed E-state index contributed by atoms with van der Waals surface area (Å²) in [6, 6.07) is 38.2. The van der Waals surface area contributed by atoms with Crippen LogP contribution in [0.2, 0.25) is 0 Å². The summed E-state index contributed by atoms with van der Waals surface area (Å²) in [6.45, 7) is -1.98. The molecule has 1 aliphatic rings. The van der Waals surface area contributed by atoms with E-state index in [1.165, 1.54) is 20.8 Å². The highest BCUT2D eigenvalue weighted by Crippen LogP contribution is 2.43. The predicted molar refractivity (Wildman–Crippen MR) is 133 cm³/mol. The second-order valence-corrected chi connectivity index (χ2v) is 11.0. The maximum atomic E-state index is 13.0. The van der Waals surface area contributed by atoms with E-state index in [0.717, 1.165) is 0 Å². The molecule has 0 saturated carbocycles. The zero-order valence-corrected chi connectivity index (χ0v) is 18.4. The zero-order valence-electron chi connectivity index (χ0n) is 17.5. The standard InChI is InChI=1S/C28H22NO2P/c30-27-25-18-10-11-19-26(25)28(31)29(27)20-21-32(22-12-4-1-5-13-22,23-14-6-2-7-15-23)24-16-8-3-9-17-24/h1-19,21H,20H2. The van der Waals surface area contributed by atoms with Crippen LogP contribution in [0.25, 0.3) is 0 Å². The minimum Gasteiger partial charge on any atom is -0.270 e. The van der Waals surface area contributed by atoms with Gasteiger partial charge in [0, 0.05) is 6.54 Å². The van der Waals surface area contributed by atoms with E-state index in [9.17, 15) is 9.59 Å². The Kier molecular flexibility index (Phi) is 5.34. The first-order chi connectivity index (χ1) is 15.7. The highest BCUT2D eigenvalue weighted by molar-refractivity contribution is 7.94. The highest BCUT2D eigenvalue weighted by Gasteiger charge is 2.35. The molecule has 4 aromatic rings. The van der Waals surface area contributed by atoms with Gasteiger partial charge in [0.25, 0.3) is 11.8 Å². The first-order valence-corrected chi connectivity index (χ1v) is 12.4. The third-order valence-corrected chi connectivity index (χ3v) is 9.96. The number of amides is 2. The van der Waals surface area contributed by atoms with Gasteiger partial charge in [-0.05, 0) is 34.9 Å². The van der Waals surface area contributed by atoms with E-state index in [1.807, 2.05) is 54.6 Å². The summed E-state index contributed by atoms with van der Waals surface area (Å²) >= 11 is 0. The molecule has 1 heterocycles. The monoisotopic (exact) mass is 435 g/mol. The van der Waals surface area contributed by atoms with E-state index < -0.39 is 6.89 Å². The van der Waals surface area contributed by atoms with Gasteiger partial charge in [-0.2, -0.15) is 0 Å². The molecule has 4 aromatic carbocycles. The summed E-state index contributed by atoms with van der Waals surface area (Å²) in [4.78, 5) is 27.4. The van der Waals surface area contributed by atoms with Crippen LogP contribution in [0.1, 0.15) is 20.7 Å². The molecular weight excluding hydrogens is 413 g/mol. The van der Waals surface area contributed by atoms with E-state index in [-0.39, 0.29) is 18.4 Å². The van der Waals surface area contributed by atoms with Crippen LogP contribution in [0.4, 0.5) is 0 Å². The zero-order chi connectivity index (χ0) is 22.0. The summed E-state index contributed by atoms with van der Waals surface area (Å²) < 4.78 is 0. The number of rotatable bonds is 5. The molecule has 0 unspecified atom stereocenters. The molecular formula is C28H22NO2P. The maximum Gasteiger partial charge on any atom is 0.261 e. The maximum absolute atomic E-state index is 13.0. The fraction of sp³-hybridized carbons (Fsp3) is 0.0357. The average molecular weight is 435 g/mol. The summed E-state index contributed by atoms with van der Waals surface area (Å²) in [5.41, 5.74) is 0.961. The lowest BCUT2D eigenvalue weighted by Crippen LogP contribution is -2.34. The molecule has 32 heavy (non-hydrogen) atoms. The van der Waals surface area contributed by atoms with Crippen molar-refractivity contribution in [3.8, 4) is 0 Å². The van der Waals surface area contributed by atoms with Gasteiger partial charge in [-0.25, -0.2) is 0 Å². The number of benzene rings is 4. The third kappa shape index (κ3) is 3.32. The smallest absolute Gasteiger partial charge is 0.261 e. The van der Waals surface area contributed by atoms with Gasteiger partial charge >= 0.3 is 0 Å². The van der Waals surface area contributed by atoms with Gasteiger partial charge < -0.3 is 0 Å². The normalized spacial score (nSPS) is 13.2. The first-order valence-electron chi connectivity index (χ1n) is 10.6. The predicted octanol–water partition coefficient (Wildman–Crippen LogP) is 4.08. The molecule has 0 bridgehead atoms. The molecule has 3 nitrogen and oxygen atoms in total. The van der Waals surface area contributed by atoms with Crippen LogP contribution in [-0.2, 0) is 0 Å². The van der Waals surface area contributed by atoms with Crippen molar-refractivity contribution >= 4 is 40.4 Å². The molecule has 2 amide bonds. The van der Waals surface area contributed by atoms with Gasteiger partial charge in [-0.15, -0.1) is 0 Å². The third-order valence-electron chi connectivity index (χ3n) is 5.91. The van der Waals surface area contributed by atoms with Gasteiger partial charge in [0.15, 0.2) is 0 Å². The fourth-order valence-corrected chi connectivity index (χ4v) is 8.22. The average Bonchev–Trinajstić information content (AvgIpc) is 3.11. The summed E-state index contributed by atoms with van der Waals surface area (Å²) in [7, 11) is 0. The Hall–Kier alpha value is -3.68. The first kappa shape index (κ1) is 20.2. The quantitative estimate of drug-likeness (QED) is 0.350. The molecule has 0 atom stereocenters. The van der Waals surface area contributed by atoms with Gasteiger partial charge in [0.2, 0.25) is 0 Å². The molecule has 0 saturated heterocycles. The Morgan fingerprint density at radius 2 is 0.875 bits per heavy atom. The lowest BCUT2D eigenvalue weighted by atomic mass is 10.1. The fourth-order valence-electron chi connectivity index (χ4n) is 4.36. The van der Waals surface area contributed by atoms with Crippen LogP contribution in [0, 0.1) is 0 Å². The molecule has 156 valence electrons. The molecule has 4 heteroatoms. The number of imide groups is 1. The second kappa shape index (κ2) is 8.45. The van der Waals surface area contributed by atoms with Crippen LogP contribution in [0.3, 0.4) is 0 Å². The molecule has 0 aromatic heterocycles. The molecule has 0 N–H and O–H groups in total. The molecule has 0 spiro atoms. The van der Waals surface area contributed by atoms with Crippen molar-refractivity contribution in [1.82, 2.24) is 4.90 Å². The van der Waals surface area contributed by atoms with Gasteiger partial charge in [-0.3, -0.25) is 14.5 Å². The van der Waals surface area contributed by atoms with E-state index >= 15 is 0 Å². The minimum absolute atomic E-state index is 0.228. The lowest BCUT2D eigenvalue weighted by Gasteiger charge is -2.29. The van der Waals surface area contributed by atoms with Crippen molar-refractivity contribution in [1.29, 1.82) is 0 Å². The van der Waals surface area contributed by atoms with Crippen LogP contribution in [0.5, 0.6) is 0 Å². The second-order valence-electron chi connectivity index (χ2n) is 7.68. The molecule has 0 aliphatic carbocycles. The van der Waals surface area contributed by atoms with Crippen LogP contribution >= 0.6 is 6.89 Å². The van der Waals surface area contributed by atoms with Crippen molar-refractivity contribution in [3.63, 3.8) is 0 Å². The van der Waals surface area contributed by atoms with Crippen molar-refractivity contribution in [2.24, 2.45) is 0 Å². The molecule has 0 radical (unpaired) electrons. The summed E-state index contributed by atoms with van der Waals surface area (Å²) in [5, 5.41) is 3.57. The van der Waals surface area contributed by atoms with Gasteiger partial charge in [0.05, 0.1) is 11.1 Å². The number of nitrogens with zero attached hydrogens (tertiary/aromatic N) is 1. The van der Waals surface area contributed by atoms with Crippen molar-refractivity contribution in [3.05, 3.63) is 126 Å². The van der Waals surface area contributed by atoms with E-state index in [1.54, 1.807) is 24.3 Å². The molecule has 0 fully saturated rings. The van der Waals surface area contributed by atoms with Gasteiger partial charge in [-0.1, -0.05) is 109 Å². The Morgan fingerprint density at radius 1 is 0.531 bits per heavy atom. The topological polar surface area (TPSA) is 37.4 Å². The van der Waals surface area contributed by atoms with Gasteiger partial charge in [0.1, 0.15) is 0 Å². The van der Waals surface area contributed by atoms with Crippen LogP contribution < -0.4 is 15.9 Å². The highest BCUT2D eigenvalue weighted by atomic mass is 31.2. The number of hydrogen-bond acceptors (Lipinski definition) is 2. The molecule has 5 rings (SSSR count). The van der Waals surface area contributed by atoms with E-state index in [0.29, 0.717) is 11.1 Å².